The molecule has 0 saturated heterocycles. The normalized spacial score (nSPS) is 13.6. The number of carbonyl (C=O) groups is 4. The number of carbonyl (C=O) groups excluding carboxylic acids is 4. The molecule has 24 heavy (non-hydrogen) atoms. The first-order chi connectivity index (χ1) is 11.6. The summed E-state index contributed by atoms with van der Waals surface area (Å²) >= 11 is 0. The van der Waals surface area contributed by atoms with Crippen molar-refractivity contribution in [1.29, 1.82) is 0 Å². The van der Waals surface area contributed by atoms with E-state index in [1.165, 1.54) is 20.2 Å². The van der Waals surface area contributed by atoms with E-state index in [-0.39, 0.29) is 29.7 Å². The molecule has 0 spiro atoms. The molecular weight excluding hydrogens is 312 g/mol. The number of rotatable bonds is 6. The first-order valence-electron chi connectivity index (χ1n) is 7.77. The van der Waals surface area contributed by atoms with E-state index in [1.807, 2.05) is 13.8 Å². The van der Waals surface area contributed by atoms with Crippen LogP contribution in [0, 0.1) is 0 Å². The fourth-order valence-electron chi connectivity index (χ4n) is 2.50. The molecule has 130 valence electrons. The molecule has 7 nitrogen and oxygen atoms in total. The molecule has 0 aromatic heterocycles. The second kappa shape index (κ2) is 8.81. The molecule has 0 bridgehead atoms. The van der Waals surface area contributed by atoms with Gasteiger partial charge in [-0.15, -0.1) is 0 Å². The number of likely N-dealkylation sites (N-methyl/N-ethyl adjacent to an activating group) is 1. The number of nitrogens with zero attached hydrogens (tertiary/aromatic N) is 1. The van der Waals surface area contributed by atoms with Crippen molar-refractivity contribution < 1.29 is 23.9 Å². The maximum absolute atomic E-state index is 12.6. The van der Waals surface area contributed by atoms with Crippen molar-refractivity contribution in [1.82, 2.24) is 10.2 Å². The first-order valence-corrected chi connectivity index (χ1v) is 7.77. The number of ether oxygens (including phenoxy) is 1. The van der Waals surface area contributed by atoms with Crippen LogP contribution in [-0.4, -0.2) is 49.1 Å². The van der Waals surface area contributed by atoms with Crippen LogP contribution in [0.3, 0.4) is 0 Å². The van der Waals surface area contributed by atoms with Gasteiger partial charge in [-0.05, 0) is 18.6 Å². The summed E-state index contributed by atoms with van der Waals surface area (Å²) in [6, 6.07) is 3.67. The van der Waals surface area contributed by atoms with Crippen molar-refractivity contribution in [3.05, 3.63) is 29.3 Å². The van der Waals surface area contributed by atoms with E-state index < -0.39 is 23.8 Å². The SMILES string of the molecule is CC.CNC(=O)C(CCC=O)N1C(=O)c2cccc(OC)c2C1=O. The Kier molecular flexibility index (Phi) is 7.10. The van der Waals surface area contributed by atoms with Crippen molar-refractivity contribution in [2.45, 2.75) is 32.7 Å². The molecule has 1 aliphatic heterocycles. The van der Waals surface area contributed by atoms with Crippen LogP contribution in [0.4, 0.5) is 0 Å². The van der Waals surface area contributed by atoms with E-state index in [0.717, 1.165) is 4.90 Å². The molecule has 1 aromatic carbocycles. The number of nitrogens with one attached hydrogen (secondary N) is 1. The van der Waals surface area contributed by atoms with Crippen molar-refractivity contribution >= 4 is 24.0 Å². The summed E-state index contributed by atoms with van der Waals surface area (Å²) < 4.78 is 5.12. The Hall–Kier alpha value is -2.70. The van der Waals surface area contributed by atoms with Gasteiger partial charge >= 0.3 is 0 Å². The Balaban J connectivity index is 0.00000139. The van der Waals surface area contributed by atoms with Gasteiger partial charge in [0, 0.05) is 13.5 Å². The Morgan fingerprint density at radius 1 is 1.29 bits per heavy atom. The van der Waals surface area contributed by atoms with Crippen molar-refractivity contribution in [3.8, 4) is 5.75 Å². The smallest absolute Gasteiger partial charge is 0.266 e. The van der Waals surface area contributed by atoms with Gasteiger partial charge in [0.15, 0.2) is 0 Å². The van der Waals surface area contributed by atoms with Gasteiger partial charge in [-0.3, -0.25) is 19.3 Å². The molecule has 1 unspecified atom stereocenters. The lowest BCUT2D eigenvalue weighted by atomic mass is 10.1. The molecule has 1 aromatic rings. The number of methoxy groups -OCH3 is 1. The zero-order valence-electron chi connectivity index (χ0n) is 14.3. The summed E-state index contributed by atoms with van der Waals surface area (Å²) in [6.45, 7) is 4.00. The first kappa shape index (κ1) is 19.3. The molecule has 1 heterocycles. The fraction of sp³-hybridized carbons (Fsp3) is 0.412. The molecule has 1 atom stereocenters. The van der Waals surface area contributed by atoms with E-state index in [0.29, 0.717) is 6.29 Å². The largest absolute Gasteiger partial charge is 0.496 e. The van der Waals surface area contributed by atoms with Gasteiger partial charge in [-0.25, -0.2) is 0 Å². The second-order valence-corrected chi connectivity index (χ2v) is 4.74. The van der Waals surface area contributed by atoms with Crippen LogP contribution in [0.5, 0.6) is 5.75 Å². The predicted octanol–water partition coefficient (Wildman–Crippen LogP) is 1.41. The molecule has 3 amide bonds. The summed E-state index contributed by atoms with van der Waals surface area (Å²) in [5.41, 5.74) is 0.347. The minimum absolute atomic E-state index is 0.0721. The van der Waals surface area contributed by atoms with E-state index in [2.05, 4.69) is 5.32 Å². The summed E-state index contributed by atoms with van der Waals surface area (Å²) in [4.78, 5) is 48.5. The van der Waals surface area contributed by atoms with Gasteiger partial charge in [0.25, 0.3) is 11.8 Å². The summed E-state index contributed by atoms with van der Waals surface area (Å²) in [5.74, 6) is -1.35. The molecule has 0 radical (unpaired) electrons. The van der Waals surface area contributed by atoms with Crippen molar-refractivity contribution in [2.24, 2.45) is 0 Å². The number of aldehydes is 1. The topological polar surface area (TPSA) is 92.8 Å². The highest BCUT2D eigenvalue weighted by Gasteiger charge is 2.43. The lowest BCUT2D eigenvalue weighted by Crippen LogP contribution is -2.48. The predicted molar refractivity (Wildman–Crippen MR) is 88.0 cm³/mol. The average molecular weight is 334 g/mol. The Labute approximate surface area is 141 Å². The van der Waals surface area contributed by atoms with Crippen LogP contribution in [-0.2, 0) is 9.59 Å². The van der Waals surface area contributed by atoms with Crippen molar-refractivity contribution in [2.75, 3.05) is 14.2 Å². The van der Waals surface area contributed by atoms with Gasteiger partial charge in [0.1, 0.15) is 18.1 Å². The number of fused-ring (bicyclic) bond motifs is 1. The van der Waals surface area contributed by atoms with Crippen LogP contribution < -0.4 is 10.1 Å². The Bertz CT molecular complexity index is 642. The Morgan fingerprint density at radius 3 is 2.50 bits per heavy atom. The van der Waals surface area contributed by atoms with Crippen LogP contribution in [0.25, 0.3) is 0 Å². The summed E-state index contributed by atoms with van der Waals surface area (Å²) in [6.07, 6.45) is 0.800. The van der Waals surface area contributed by atoms with Gasteiger partial charge in [0.2, 0.25) is 5.91 Å². The third kappa shape index (κ3) is 3.45. The fourth-order valence-corrected chi connectivity index (χ4v) is 2.50. The molecular formula is C17H22N2O5. The third-order valence-corrected chi connectivity index (χ3v) is 3.55. The molecule has 0 saturated carbocycles. The molecule has 1 N–H and O–H groups in total. The number of imide groups is 1. The third-order valence-electron chi connectivity index (χ3n) is 3.55. The molecule has 0 aliphatic carbocycles. The lowest BCUT2D eigenvalue weighted by Gasteiger charge is -2.24. The van der Waals surface area contributed by atoms with E-state index in [9.17, 15) is 19.2 Å². The van der Waals surface area contributed by atoms with E-state index in [4.69, 9.17) is 4.74 Å². The molecule has 0 fully saturated rings. The highest BCUT2D eigenvalue weighted by atomic mass is 16.5. The molecule has 1 aliphatic rings. The summed E-state index contributed by atoms with van der Waals surface area (Å²) in [5, 5.41) is 2.42. The average Bonchev–Trinajstić information content (AvgIpc) is 2.88. The Morgan fingerprint density at radius 2 is 1.96 bits per heavy atom. The highest BCUT2D eigenvalue weighted by Crippen LogP contribution is 2.32. The zero-order valence-corrected chi connectivity index (χ0v) is 14.3. The second-order valence-electron chi connectivity index (χ2n) is 4.74. The number of benzene rings is 1. The van der Waals surface area contributed by atoms with E-state index >= 15 is 0 Å². The van der Waals surface area contributed by atoms with Crippen molar-refractivity contribution in [3.63, 3.8) is 0 Å². The minimum Gasteiger partial charge on any atom is -0.496 e. The zero-order chi connectivity index (χ0) is 18.3. The van der Waals surface area contributed by atoms with Gasteiger partial charge in [-0.2, -0.15) is 0 Å². The van der Waals surface area contributed by atoms with Gasteiger partial charge in [0.05, 0.1) is 18.2 Å². The maximum atomic E-state index is 12.6. The van der Waals surface area contributed by atoms with Gasteiger partial charge < -0.3 is 14.8 Å². The number of amides is 3. The molecule has 7 heteroatoms. The van der Waals surface area contributed by atoms with Crippen LogP contribution in [0.15, 0.2) is 18.2 Å². The maximum Gasteiger partial charge on any atom is 0.266 e. The van der Waals surface area contributed by atoms with Crippen LogP contribution in [0.1, 0.15) is 47.4 Å². The summed E-state index contributed by atoms with van der Waals surface area (Å²) in [7, 11) is 2.81. The lowest BCUT2D eigenvalue weighted by molar-refractivity contribution is -0.124. The standard InChI is InChI=1S/C15H16N2O5.C2H6/c1-16-13(19)10(6-4-8-18)17-14(20)9-5-3-7-11(22-2)12(9)15(17)21;1-2/h3,5,7-8,10H,4,6H2,1-2H3,(H,16,19);1-2H3. The van der Waals surface area contributed by atoms with Crippen LogP contribution >= 0.6 is 0 Å². The highest BCUT2D eigenvalue weighted by molar-refractivity contribution is 6.24. The van der Waals surface area contributed by atoms with E-state index in [1.54, 1.807) is 12.1 Å². The monoisotopic (exact) mass is 334 g/mol. The van der Waals surface area contributed by atoms with Gasteiger partial charge in [-0.1, -0.05) is 19.9 Å². The number of hydrogen-bond acceptors (Lipinski definition) is 5. The van der Waals surface area contributed by atoms with Crippen LogP contribution in [0.2, 0.25) is 0 Å². The number of hydrogen-bond donors (Lipinski definition) is 1. The molecule has 2 rings (SSSR count). The minimum atomic E-state index is -1.02. The quantitative estimate of drug-likeness (QED) is 0.627.